The lowest BCUT2D eigenvalue weighted by atomic mass is 9.77. The van der Waals surface area contributed by atoms with Gasteiger partial charge in [-0.1, -0.05) is 12.1 Å². The van der Waals surface area contributed by atoms with Crippen LogP contribution < -0.4 is 15.2 Å². The van der Waals surface area contributed by atoms with Crippen molar-refractivity contribution in [2.24, 2.45) is 10.9 Å². The third-order valence-corrected chi connectivity index (χ3v) is 6.47. The highest BCUT2D eigenvalue weighted by molar-refractivity contribution is 6.09. The molecule has 0 radical (unpaired) electrons. The molecule has 1 saturated carbocycles. The Morgan fingerprint density at radius 3 is 2.64 bits per heavy atom. The molecule has 0 atom stereocenters. The topological polar surface area (TPSA) is 120 Å². The number of ether oxygens (including phenoxy) is 2. The number of aryl methyl sites for hydroxylation is 1. The monoisotopic (exact) mass is 452 g/mol. The summed E-state index contributed by atoms with van der Waals surface area (Å²) in [5, 5.41) is 9.09. The van der Waals surface area contributed by atoms with E-state index in [0.29, 0.717) is 35.7 Å². The van der Waals surface area contributed by atoms with Crippen molar-refractivity contribution in [2.45, 2.75) is 71.3 Å². The molecule has 1 fully saturated rings. The molecule has 2 aromatic rings. The first-order valence-electron chi connectivity index (χ1n) is 11.6. The third kappa shape index (κ3) is 4.79. The van der Waals surface area contributed by atoms with Crippen molar-refractivity contribution in [1.29, 1.82) is 0 Å². The summed E-state index contributed by atoms with van der Waals surface area (Å²) in [7, 11) is 0. The Morgan fingerprint density at radius 1 is 1.24 bits per heavy atom. The molecule has 2 heterocycles. The molecule has 1 aliphatic carbocycles. The predicted molar refractivity (Wildman–Crippen MR) is 127 cm³/mol. The van der Waals surface area contributed by atoms with Gasteiger partial charge in [0.1, 0.15) is 17.2 Å². The van der Waals surface area contributed by atoms with Crippen LogP contribution in [0.5, 0.6) is 11.6 Å². The molecule has 0 unspecified atom stereocenters. The highest BCUT2D eigenvalue weighted by Gasteiger charge is 2.36. The second kappa shape index (κ2) is 9.00. The number of benzene rings is 1. The van der Waals surface area contributed by atoms with Crippen LogP contribution in [0.25, 0.3) is 0 Å². The lowest BCUT2D eigenvalue weighted by Crippen LogP contribution is -2.41. The SMILES string of the molecule is CCOc1cc(C2=Nc3c(N)nc(C)nc3OC2(C)C)ccc1[C@H]1CC[C@H](CC(=O)O)CC1. The zero-order chi connectivity index (χ0) is 23.8. The van der Waals surface area contributed by atoms with Crippen molar-refractivity contribution in [2.75, 3.05) is 12.3 Å². The van der Waals surface area contributed by atoms with E-state index < -0.39 is 11.6 Å². The van der Waals surface area contributed by atoms with Crippen molar-refractivity contribution < 1.29 is 19.4 Å². The molecule has 176 valence electrons. The second-order valence-corrected chi connectivity index (χ2v) is 9.38. The fourth-order valence-electron chi connectivity index (χ4n) is 4.91. The zero-order valence-electron chi connectivity index (χ0n) is 19.7. The molecule has 0 amide bonds. The average molecular weight is 453 g/mol. The maximum atomic E-state index is 11.1. The molecular formula is C25H32N4O4. The highest BCUT2D eigenvalue weighted by atomic mass is 16.5. The number of aromatic nitrogens is 2. The van der Waals surface area contributed by atoms with Gasteiger partial charge in [-0.15, -0.1) is 0 Å². The van der Waals surface area contributed by atoms with E-state index in [9.17, 15) is 4.79 Å². The van der Waals surface area contributed by atoms with Crippen molar-refractivity contribution in [1.82, 2.24) is 9.97 Å². The lowest BCUT2D eigenvalue weighted by molar-refractivity contribution is -0.138. The van der Waals surface area contributed by atoms with E-state index in [2.05, 4.69) is 22.1 Å². The Kier molecular flexibility index (Phi) is 6.28. The number of carbonyl (C=O) groups is 1. The fraction of sp³-hybridized carbons (Fsp3) is 0.520. The van der Waals surface area contributed by atoms with Crippen molar-refractivity contribution >= 4 is 23.2 Å². The second-order valence-electron chi connectivity index (χ2n) is 9.38. The van der Waals surface area contributed by atoms with Gasteiger partial charge >= 0.3 is 5.97 Å². The van der Waals surface area contributed by atoms with Crippen LogP contribution in [0.1, 0.15) is 75.7 Å². The van der Waals surface area contributed by atoms with E-state index in [0.717, 1.165) is 42.7 Å². The van der Waals surface area contributed by atoms with Gasteiger partial charge in [-0.05, 0) is 76.8 Å². The van der Waals surface area contributed by atoms with Gasteiger partial charge in [0, 0.05) is 12.0 Å². The predicted octanol–water partition coefficient (Wildman–Crippen LogP) is 4.81. The number of nitrogen functional groups attached to an aromatic ring is 1. The van der Waals surface area contributed by atoms with Crippen LogP contribution in [-0.4, -0.2) is 39.0 Å². The number of nitrogens with two attached hydrogens (primary N) is 1. The van der Waals surface area contributed by atoms with Crippen LogP contribution in [0.4, 0.5) is 11.5 Å². The Hall–Kier alpha value is -3.16. The van der Waals surface area contributed by atoms with Crippen LogP contribution in [0.3, 0.4) is 0 Å². The average Bonchev–Trinajstić information content (AvgIpc) is 2.73. The van der Waals surface area contributed by atoms with E-state index in [1.807, 2.05) is 26.8 Å². The largest absolute Gasteiger partial charge is 0.494 e. The number of rotatable bonds is 6. The number of anilines is 1. The van der Waals surface area contributed by atoms with Gasteiger partial charge in [-0.2, -0.15) is 4.98 Å². The molecule has 1 aromatic carbocycles. The highest BCUT2D eigenvalue weighted by Crippen LogP contribution is 2.43. The van der Waals surface area contributed by atoms with Crippen LogP contribution in [0, 0.1) is 12.8 Å². The van der Waals surface area contributed by atoms with Crippen LogP contribution in [0.15, 0.2) is 23.2 Å². The number of fused-ring (bicyclic) bond motifs is 1. The quantitative estimate of drug-likeness (QED) is 0.645. The maximum absolute atomic E-state index is 11.1. The van der Waals surface area contributed by atoms with Gasteiger partial charge in [0.15, 0.2) is 11.5 Å². The van der Waals surface area contributed by atoms with E-state index in [4.69, 9.17) is 25.3 Å². The van der Waals surface area contributed by atoms with Gasteiger partial charge in [0.2, 0.25) is 5.88 Å². The molecule has 2 aliphatic rings. The Labute approximate surface area is 194 Å². The minimum atomic E-state index is -0.710. The molecular weight excluding hydrogens is 420 g/mol. The molecule has 8 nitrogen and oxygen atoms in total. The van der Waals surface area contributed by atoms with Gasteiger partial charge < -0.3 is 20.3 Å². The van der Waals surface area contributed by atoms with Crippen molar-refractivity contribution in [3.63, 3.8) is 0 Å². The normalized spacial score (nSPS) is 21.5. The summed E-state index contributed by atoms with van der Waals surface area (Å²) in [6.45, 7) is 8.22. The molecule has 0 spiro atoms. The lowest BCUT2D eigenvalue weighted by Gasteiger charge is -2.33. The number of aliphatic carboxylic acids is 1. The first-order chi connectivity index (χ1) is 15.7. The first kappa shape index (κ1) is 23.0. The molecule has 8 heteroatoms. The minimum Gasteiger partial charge on any atom is -0.494 e. The van der Waals surface area contributed by atoms with Crippen LogP contribution in [0.2, 0.25) is 0 Å². The van der Waals surface area contributed by atoms with Crippen LogP contribution in [-0.2, 0) is 4.79 Å². The summed E-state index contributed by atoms with van der Waals surface area (Å²) in [6.07, 6.45) is 4.04. The van der Waals surface area contributed by atoms with Gasteiger partial charge in [0.25, 0.3) is 0 Å². The molecule has 1 aliphatic heterocycles. The summed E-state index contributed by atoms with van der Waals surface area (Å²) in [5.74, 6) is 1.99. The van der Waals surface area contributed by atoms with E-state index in [1.54, 1.807) is 6.92 Å². The molecule has 0 bridgehead atoms. The molecule has 3 N–H and O–H groups in total. The van der Waals surface area contributed by atoms with Gasteiger partial charge in [-0.3, -0.25) is 4.79 Å². The van der Waals surface area contributed by atoms with Crippen molar-refractivity contribution in [3.05, 3.63) is 35.2 Å². The smallest absolute Gasteiger partial charge is 0.303 e. The summed E-state index contributed by atoms with van der Waals surface area (Å²) >= 11 is 0. The summed E-state index contributed by atoms with van der Waals surface area (Å²) in [4.78, 5) is 24.5. The Bertz CT molecular complexity index is 1090. The third-order valence-electron chi connectivity index (χ3n) is 6.47. The Morgan fingerprint density at radius 2 is 1.97 bits per heavy atom. The minimum absolute atomic E-state index is 0.257. The number of hydrogen-bond donors (Lipinski definition) is 2. The molecule has 33 heavy (non-hydrogen) atoms. The zero-order valence-corrected chi connectivity index (χ0v) is 19.7. The first-order valence-corrected chi connectivity index (χ1v) is 11.6. The number of aliphatic imine (C=N–C) groups is 1. The Balaban J connectivity index is 1.66. The van der Waals surface area contributed by atoms with Crippen molar-refractivity contribution in [3.8, 4) is 11.6 Å². The summed E-state index contributed by atoms with van der Waals surface area (Å²) in [6, 6.07) is 6.20. The standard InChI is InChI=1S/C25H32N4O4/c1-5-32-19-13-17(10-11-18(19)16-8-6-15(7-9-16)12-20(30)31)22-25(3,4)33-24-21(29-22)23(26)27-14(2)28-24/h10-11,13,15-16H,5-9,12H2,1-4H3,(H,30,31)(H2,26,27,28)/t15-,16-. The van der Waals surface area contributed by atoms with E-state index in [-0.39, 0.29) is 12.3 Å². The van der Waals surface area contributed by atoms with Crippen LogP contribution >= 0.6 is 0 Å². The fourth-order valence-corrected chi connectivity index (χ4v) is 4.91. The van der Waals surface area contributed by atoms with E-state index in [1.165, 1.54) is 5.56 Å². The summed E-state index contributed by atoms with van der Waals surface area (Å²) in [5.41, 5.74) is 8.67. The summed E-state index contributed by atoms with van der Waals surface area (Å²) < 4.78 is 12.2. The molecule has 1 aromatic heterocycles. The van der Waals surface area contributed by atoms with E-state index >= 15 is 0 Å². The maximum Gasteiger partial charge on any atom is 0.303 e. The molecule has 0 saturated heterocycles. The molecule has 4 rings (SSSR count). The van der Waals surface area contributed by atoms with Gasteiger partial charge in [0.05, 0.1) is 12.3 Å². The number of carboxylic acid groups (broad SMARTS) is 1. The number of nitrogens with zero attached hydrogens (tertiary/aromatic N) is 3. The number of hydrogen-bond acceptors (Lipinski definition) is 7. The van der Waals surface area contributed by atoms with Gasteiger partial charge in [-0.25, -0.2) is 9.98 Å². The number of carboxylic acids is 1.